The molecule has 112 valence electrons. The fourth-order valence-corrected chi connectivity index (χ4v) is 3.50. The molecule has 3 aromatic rings. The van der Waals surface area contributed by atoms with E-state index in [-0.39, 0.29) is 11.7 Å². The van der Waals surface area contributed by atoms with Crippen LogP contribution in [0.5, 0.6) is 0 Å². The highest BCUT2D eigenvalue weighted by molar-refractivity contribution is 7.17. The molecule has 0 aliphatic heterocycles. The van der Waals surface area contributed by atoms with Crippen LogP contribution >= 0.6 is 11.3 Å². The molecule has 1 aromatic heterocycles. The summed E-state index contributed by atoms with van der Waals surface area (Å²) in [5.41, 5.74) is 3.73. The topological polar surface area (TPSA) is 29.1 Å². The monoisotopic (exact) mass is 313 g/mol. The Bertz CT molecular complexity index is 882. The maximum atomic E-state index is 13.7. The molecule has 0 unspecified atom stereocenters. The van der Waals surface area contributed by atoms with Crippen LogP contribution in [0.15, 0.2) is 35.7 Å². The first-order chi connectivity index (χ1) is 10.5. The van der Waals surface area contributed by atoms with Gasteiger partial charge in [-0.15, -0.1) is 11.3 Å². The van der Waals surface area contributed by atoms with Crippen molar-refractivity contribution in [1.82, 2.24) is 0 Å². The summed E-state index contributed by atoms with van der Waals surface area (Å²) in [7, 11) is 0. The maximum absolute atomic E-state index is 13.7. The maximum Gasteiger partial charge on any atom is 0.257 e. The molecule has 0 aliphatic rings. The van der Waals surface area contributed by atoms with Gasteiger partial charge in [0.05, 0.1) is 5.56 Å². The van der Waals surface area contributed by atoms with E-state index in [1.165, 1.54) is 6.07 Å². The average Bonchev–Trinajstić information content (AvgIpc) is 2.87. The third kappa shape index (κ3) is 2.62. The molecular weight excluding hydrogens is 297 g/mol. The second kappa shape index (κ2) is 5.54. The number of carbonyl (C=O) groups excluding carboxylic acids is 1. The van der Waals surface area contributed by atoms with Gasteiger partial charge in [0.2, 0.25) is 0 Å². The van der Waals surface area contributed by atoms with Crippen LogP contribution in [0.3, 0.4) is 0 Å². The Morgan fingerprint density at radius 2 is 1.86 bits per heavy atom. The van der Waals surface area contributed by atoms with Crippen LogP contribution in [0.2, 0.25) is 0 Å². The standard InChI is InChI=1S/C18H16FNOS/c1-10-4-5-13-14(9-22-17(13)6-10)18(21)20-16-8-15(19)11(2)7-12(16)3/h4-9H,1-3H3,(H,20,21). The van der Waals surface area contributed by atoms with Crippen molar-refractivity contribution in [2.24, 2.45) is 0 Å². The Hall–Kier alpha value is -2.20. The molecular formula is C18H16FNOS. The lowest BCUT2D eigenvalue weighted by Gasteiger charge is -2.09. The molecule has 1 N–H and O–H groups in total. The van der Waals surface area contributed by atoms with Crippen LogP contribution in [0.25, 0.3) is 10.1 Å². The number of hydrogen-bond donors (Lipinski definition) is 1. The van der Waals surface area contributed by atoms with Crippen molar-refractivity contribution >= 4 is 33.0 Å². The minimum Gasteiger partial charge on any atom is -0.322 e. The van der Waals surface area contributed by atoms with Gasteiger partial charge in [-0.05, 0) is 49.6 Å². The lowest BCUT2D eigenvalue weighted by molar-refractivity contribution is 0.102. The van der Waals surface area contributed by atoms with Gasteiger partial charge in [0.25, 0.3) is 5.91 Å². The van der Waals surface area contributed by atoms with Crippen molar-refractivity contribution in [3.8, 4) is 0 Å². The van der Waals surface area contributed by atoms with E-state index in [2.05, 4.69) is 11.4 Å². The summed E-state index contributed by atoms with van der Waals surface area (Å²) in [6, 6.07) is 9.12. The molecule has 0 radical (unpaired) electrons. The van der Waals surface area contributed by atoms with Gasteiger partial charge in [-0.1, -0.05) is 18.2 Å². The number of thiophene rings is 1. The highest BCUT2D eigenvalue weighted by atomic mass is 32.1. The molecule has 0 fully saturated rings. The lowest BCUT2D eigenvalue weighted by Crippen LogP contribution is -2.12. The molecule has 0 aliphatic carbocycles. The normalized spacial score (nSPS) is 10.9. The number of halogens is 1. The van der Waals surface area contributed by atoms with E-state index in [0.29, 0.717) is 16.8 Å². The molecule has 0 saturated heterocycles. The fourth-order valence-electron chi connectivity index (χ4n) is 2.46. The van der Waals surface area contributed by atoms with Crippen molar-refractivity contribution in [2.75, 3.05) is 5.32 Å². The van der Waals surface area contributed by atoms with Crippen molar-refractivity contribution in [3.05, 3.63) is 63.8 Å². The number of amides is 1. The minimum atomic E-state index is -0.313. The van der Waals surface area contributed by atoms with Crippen molar-refractivity contribution in [1.29, 1.82) is 0 Å². The van der Waals surface area contributed by atoms with Crippen LogP contribution in [-0.2, 0) is 0 Å². The van der Waals surface area contributed by atoms with Gasteiger partial charge in [-0.25, -0.2) is 4.39 Å². The zero-order valence-electron chi connectivity index (χ0n) is 12.7. The van der Waals surface area contributed by atoms with Gasteiger partial charge in [0.1, 0.15) is 5.82 Å². The van der Waals surface area contributed by atoms with Gasteiger partial charge in [0.15, 0.2) is 0 Å². The zero-order valence-corrected chi connectivity index (χ0v) is 13.5. The number of anilines is 1. The third-order valence-corrected chi connectivity index (χ3v) is 4.67. The van der Waals surface area contributed by atoms with E-state index in [1.807, 2.05) is 31.4 Å². The van der Waals surface area contributed by atoms with Crippen molar-refractivity contribution < 1.29 is 9.18 Å². The molecule has 1 amide bonds. The van der Waals surface area contributed by atoms with E-state index in [4.69, 9.17) is 0 Å². The second-order valence-corrected chi connectivity index (χ2v) is 6.43. The number of fused-ring (bicyclic) bond motifs is 1. The molecule has 0 bridgehead atoms. The van der Waals surface area contributed by atoms with E-state index in [9.17, 15) is 9.18 Å². The van der Waals surface area contributed by atoms with Crippen LogP contribution in [0, 0.1) is 26.6 Å². The summed E-state index contributed by atoms with van der Waals surface area (Å²) in [4.78, 5) is 12.5. The van der Waals surface area contributed by atoms with Gasteiger partial charge < -0.3 is 5.32 Å². The van der Waals surface area contributed by atoms with E-state index in [1.54, 1.807) is 24.3 Å². The summed E-state index contributed by atoms with van der Waals surface area (Å²) in [6.07, 6.45) is 0. The molecule has 2 nitrogen and oxygen atoms in total. The molecule has 4 heteroatoms. The average molecular weight is 313 g/mol. The summed E-state index contributed by atoms with van der Waals surface area (Å²) in [6.45, 7) is 5.59. The van der Waals surface area contributed by atoms with Crippen molar-refractivity contribution in [2.45, 2.75) is 20.8 Å². The third-order valence-electron chi connectivity index (χ3n) is 3.73. The van der Waals surface area contributed by atoms with Gasteiger partial charge in [-0.2, -0.15) is 0 Å². The Morgan fingerprint density at radius 3 is 2.64 bits per heavy atom. The first-order valence-corrected chi connectivity index (χ1v) is 7.89. The predicted octanol–water partition coefficient (Wildman–Crippen LogP) is 5.22. The van der Waals surface area contributed by atoms with Gasteiger partial charge in [0, 0.05) is 21.2 Å². The smallest absolute Gasteiger partial charge is 0.257 e. The number of rotatable bonds is 2. The first kappa shape index (κ1) is 14.7. The second-order valence-electron chi connectivity index (χ2n) is 5.52. The molecule has 0 spiro atoms. The first-order valence-electron chi connectivity index (χ1n) is 7.01. The SMILES string of the molecule is Cc1ccc2c(C(=O)Nc3cc(F)c(C)cc3C)csc2c1. The largest absolute Gasteiger partial charge is 0.322 e. The minimum absolute atomic E-state index is 0.207. The molecule has 1 heterocycles. The van der Waals surface area contributed by atoms with Crippen LogP contribution in [0.1, 0.15) is 27.0 Å². The number of nitrogens with one attached hydrogen (secondary N) is 1. The summed E-state index contributed by atoms with van der Waals surface area (Å²) in [5.74, 6) is -0.520. The summed E-state index contributed by atoms with van der Waals surface area (Å²) in [5, 5.41) is 5.59. The fraction of sp³-hybridized carbons (Fsp3) is 0.167. The highest BCUT2D eigenvalue weighted by Crippen LogP contribution is 2.28. The molecule has 3 rings (SSSR count). The number of hydrogen-bond acceptors (Lipinski definition) is 2. The Labute approximate surface area is 132 Å². The Kier molecular flexibility index (Phi) is 3.71. The van der Waals surface area contributed by atoms with Crippen LogP contribution < -0.4 is 5.32 Å². The van der Waals surface area contributed by atoms with E-state index < -0.39 is 0 Å². The van der Waals surface area contributed by atoms with E-state index in [0.717, 1.165) is 21.2 Å². The van der Waals surface area contributed by atoms with Gasteiger partial charge >= 0.3 is 0 Å². The quantitative estimate of drug-likeness (QED) is 0.690. The number of benzene rings is 2. The molecule has 0 saturated carbocycles. The lowest BCUT2D eigenvalue weighted by atomic mass is 10.1. The van der Waals surface area contributed by atoms with Crippen LogP contribution in [-0.4, -0.2) is 5.91 Å². The zero-order chi connectivity index (χ0) is 15.9. The Balaban J connectivity index is 1.95. The number of aryl methyl sites for hydroxylation is 3. The highest BCUT2D eigenvalue weighted by Gasteiger charge is 2.14. The molecule has 22 heavy (non-hydrogen) atoms. The molecule has 0 atom stereocenters. The van der Waals surface area contributed by atoms with Crippen molar-refractivity contribution in [3.63, 3.8) is 0 Å². The van der Waals surface area contributed by atoms with E-state index >= 15 is 0 Å². The van der Waals surface area contributed by atoms with Crippen LogP contribution in [0.4, 0.5) is 10.1 Å². The number of carbonyl (C=O) groups is 1. The van der Waals surface area contributed by atoms with Gasteiger partial charge in [-0.3, -0.25) is 4.79 Å². The summed E-state index contributed by atoms with van der Waals surface area (Å²) >= 11 is 1.54. The molecule has 2 aromatic carbocycles. The summed E-state index contributed by atoms with van der Waals surface area (Å²) < 4.78 is 14.8. The predicted molar refractivity (Wildman–Crippen MR) is 90.4 cm³/mol. The Morgan fingerprint density at radius 1 is 1.09 bits per heavy atom.